The van der Waals surface area contributed by atoms with Crippen molar-refractivity contribution in [3.05, 3.63) is 18.3 Å². The normalized spacial score (nSPS) is 12.9. The van der Waals surface area contributed by atoms with Crippen molar-refractivity contribution in [2.75, 3.05) is 13.2 Å². The number of aromatic nitrogens is 4. The Morgan fingerprint density at radius 3 is 1.83 bits per heavy atom. The van der Waals surface area contributed by atoms with E-state index < -0.39 is 18.1 Å². The van der Waals surface area contributed by atoms with Gasteiger partial charge in [0.15, 0.2) is 5.65 Å². The Labute approximate surface area is 277 Å². The van der Waals surface area contributed by atoms with Gasteiger partial charge in [-0.3, -0.25) is 9.59 Å². The summed E-state index contributed by atoms with van der Waals surface area (Å²) in [6, 6.07) is -0.730. The Hall–Kier alpha value is -2.59. The highest BCUT2D eigenvalue weighted by Crippen LogP contribution is 2.15. The van der Waals surface area contributed by atoms with Crippen LogP contribution in [0.15, 0.2) is 12.5 Å². The van der Waals surface area contributed by atoms with Crippen LogP contribution in [-0.2, 0) is 30.4 Å². The fourth-order valence-corrected chi connectivity index (χ4v) is 5.37. The molecule has 0 aliphatic heterocycles. The molecule has 2 aromatic rings. The van der Waals surface area contributed by atoms with Gasteiger partial charge in [0.2, 0.25) is 0 Å². The van der Waals surface area contributed by atoms with Gasteiger partial charge < -0.3 is 24.9 Å². The lowest BCUT2D eigenvalue weighted by atomic mass is 10.0. The summed E-state index contributed by atoms with van der Waals surface area (Å²) in [4.78, 5) is 40.2. The van der Waals surface area contributed by atoms with E-state index in [2.05, 4.69) is 26.9 Å². The predicted molar refractivity (Wildman–Crippen MR) is 183 cm³/mol. The van der Waals surface area contributed by atoms with Gasteiger partial charge in [-0.1, -0.05) is 136 Å². The number of rotatable bonds is 29. The number of hydrogen-bond donors (Lipinski definition) is 2. The summed E-state index contributed by atoms with van der Waals surface area (Å²) in [6.07, 6.45) is 27.7. The Morgan fingerprint density at radius 1 is 0.783 bits per heavy atom. The first kappa shape index (κ1) is 39.6. The molecule has 3 N–H and O–H groups in total. The highest BCUT2D eigenvalue weighted by molar-refractivity contribution is 5.75. The highest BCUT2D eigenvalue weighted by Gasteiger charge is 2.22. The topological polar surface area (TPSA) is 142 Å². The molecule has 10 nitrogen and oxygen atoms in total. The van der Waals surface area contributed by atoms with E-state index in [1.807, 2.05) is 13.8 Å². The summed E-state index contributed by atoms with van der Waals surface area (Å²) in [5.74, 6) is -0.292. The molecule has 2 aromatic heterocycles. The van der Waals surface area contributed by atoms with Crippen LogP contribution in [0, 0.1) is 5.92 Å². The second kappa shape index (κ2) is 25.5. The monoisotopic (exact) mass is 645 g/mol. The lowest BCUT2D eigenvalue weighted by Gasteiger charge is -2.20. The van der Waals surface area contributed by atoms with Gasteiger partial charge in [0.25, 0.3) is 0 Å². The standard InChI is InChI=1S/C36H63N5O5/c1-4-5-6-7-8-9-10-11-12-13-14-15-16-17-18-19-20-21-22-23-33(42)45-25-30(26-46-36(43)34(37)29(2)3)44-27-32-40-31-24-38-28-39-35(31)41-32/h24,28-30,34H,4-23,25-27,37H2,1-3H3,(H,38,39,40,41)/t30?,34-/m0/s1. The maximum absolute atomic E-state index is 12.4. The number of imidazole rings is 1. The Balaban J connectivity index is 1.51. The van der Waals surface area contributed by atoms with Gasteiger partial charge in [0.05, 0.1) is 6.20 Å². The van der Waals surface area contributed by atoms with Crippen molar-refractivity contribution in [1.29, 1.82) is 0 Å². The third kappa shape index (κ3) is 18.5. The van der Waals surface area contributed by atoms with E-state index in [0.29, 0.717) is 23.4 Å². The zero-order valence-corrected chi connectivity index (χ0v) is 29.1. The second-order valence-corrected chi connectivity index (χ2v) is 13.1. The van der Waals surface area contributed by atoms with Crippen LogP contribution in [0.3, 0.4) is 0 Å². The SMILES string of the molecule is CCCCCCCCCCCCCCCCCCCCCC(=O)OCC(COC(=O)[C@@H](N)C(C)C)OCc1nc2ncncc2[nH]1. The molecule has 0 amide bonds. The minimum Gasteiger partial charge on any atom is -0.463 e. The molecule has 262 valence electrons. The molecular formula is C36H63N5O5. The van der Waals surface area contributed by atoms with Gasteiger partial charge in [-0.2, -0.15) is 0 Å². The Kier molecular flexibility index (Phi) is 21.9. The number of hydrogen-bond acceptors (Lipinski definition) is 9. The number of ether oxygens (including phenoxy) is 3. The van der Waals surface area contributed by atoms with Gasteiger partial charge in [-0.25, -0.2) is 15.0 Å². The van der Waals surface area contributed by atoms with E-state index >= 15 is 0 Å². The third-order valence-corrected chi connectivity index (χ3v) is 8.48. The largest absolute Gasteiger partial charge is 0.463 e. The maximum atomic E-state index is 12.4. The van der Waals surface area contributed by atoms with Gasteiger partial charge in [-0.05, 0) is 12.3 Å². The Bertz CT molecular complexity index is 1030. The van der Waals surface area contributed by atoms with Crippen LogP contribution in [-0.4, -0.2) is 57.2 Å². The number of nitrogens with zero attached hydrogens (tertiary/aromatic N) is 3. The van der Waals surface area contributed by atoms with E-state index in [0.717, 1.165) is 19.3 Å². The van der Waals surface area contributed by atoms with Crippen molar-refractivity contribution in [3.8, 4) is 0 Å². The van der Waals surface area contributed by atoms with Crippen molar-refractivity contribution in [3.63, 3.8) is 0 Å². The molecule has 2 rings (SSSR count). The maximum Gasteiger partial charge on any atom is 0.323 e. The first-order valence-electron chi connectivity index (χ1n) is 18.2. The fraction of sp³-hybridized carbons (Fsp3) is 0.806. The summed E-state index contributed by atoms with van der Waals surface area (Å²) in [5, 5.41) is 0. The van der Waals surface area contributed by atoms with Crippen molar-refractivity contribution >= 4 is 23.1 Å². The van der Waals surface area contributed by atoms with Crippen molar-refractivity contribution < 1.29 is 23.8 Å². The summed E-state index contributed by atoms with van der Waals surface area (Å²) in [7, 11) is 0. The molecule has 10 heteroatoms. The van der Waals surface area contributed by atoms with Crippen molar-refractivity contribution in [2.24, 2.45) is 11.7 Å². The molecule has 46 heavy (non-hydrogen) atoms. The first-order chi connectivity index (χ1) is 22.4. The van der Waals surface area contributed by atoms with E-state index in [1.54, 1.807) is 6.20 Å². The number of nitrogens with one attached hydrogen (secondary N) is 1. The Morgan fingerprint density at radius 2 is 1.30 bits per heavy atom. The number of fused-ring (bicyclic) bond motifs is 1. The van der Waals surface area contributed by atoms with Crippen molar-refractivity contribution in [1.82, 2.24) is 19.9 Å². The number of aromatic amines is 1. The lowest BCUT2D eigenvalue weighted by molar-refractivity contribution is -0.157. The van der Waals surface area contributed by atoms with Gasteiger partial charge in [0.1, 0.15) is 49.6 Å². The average molecular weight is 646 g/mol. The zero-order valence-electron chi connectivity index (χ0n) is 29.1. The molecule has 2 atom stereocenters. The predicted octanol–water partition coefficient (Wildman–Crippen LogP) is 8.13. The van der Waals surface area contributed by atoms with Crippen LogP contribution in [0.4, 0.5) is 0 Å². The highest BCUT2D eigenvalue weighted by atomic mass is 16.6. The number of unbranched alkanes of at least 4 members (excludes halogenated alkanes) is 18. The number of carbonyl (C=O) groups is 2. The number of carbonyl (C=O) groups excluding carboxylic acids is 2. The number of H-pyrrole nitrogens is 1. The van der Waals surface area contributed by atoms with Crippen LogP contribution in [0.5, 0.6) is 0 Å². The van der Waals surface area contributed by atoms with E-state index in [9.17, 15) is 9.59 Å². The molecule has 0 aromatic carbocycles. The molecule has 0 saturated heterocycles. The number of esters is 2. The lowest BCUT2D eigenvalue weighted by Crippen LogP contribution is -2.39. The third-order valence-electron chi connectivity index (χ3n) is 8.48. The molecule has 0 spiro atoms. The fourth-order valence-electron chi connectivity index (χ4n) is 5.37. The molecule has 0 fully saturated rings. The van der Waals surface area contributed by atoms with Crippen LogP contribution in [0.1, 0.15) is 155 Å². The van der Waals surface area contributed by atoms with E-state index in [4.69, 9.17) is 19.9 Å². The molecule has 0 bridgehead atoms. The second-order valence-electron chi connectivity index (χ2n) is 13.1. The molecule has 0 radical (unpaired) electrons. The summed E-state index contributed by atoms with van der Waals surface area (Å²) < 4.78 is 16.8. The van der Waals surface area contributed by atoms with Crippen LogP contribution < -0.4 is 5.73 Å². The summed E-state index contributed by atoms with van der Waals surface area (Å²) in [5.41, 5.74) is 7.13. The van der Waals surface area contributed by atoms with Gasteiger partial charge in [0, 0.05) is 6.42 Å². The average Bonchev–Trinajstić information content (AvgIpc) is 3.48. The van der Waals surface area contributed by atoms with Crippen LogP contribution >= 0.6 is 0 Å². The number of nitrogens with two attached hydrogens (primary N) is 1. The van der Waals surface area contributed by atoms with Crippen molar-refractivity contribution in [2.45, 2.75) is 168 Å². The van der Waals surface area contributed by atoms with Crippen LogP contribution in [0.2, 0.25) is 0 Å². The smallest absolute Gasteiger partial charge is 0.323 e. The van der Waals surface area contributed by atoms with E-state index in [-0.39, 0.29) is 31.7 Å². The molecule has 0 aliphatic carbocycles. The molecular weight excluding hydrogens is 582 g/mol. The minimum absolute atomic E-state index is 0.0256. The quantitative estimate of drug-likeness (QED) is 0.0662. The first-order valence-corrected chi connectivity index (χ1v) is 18.2. The zero-order chi connectivity index (χ0) is 33.2. The summed E-state index contributed by atoms with van der Waals surface area (Å²) in [6.45, 7) is 5.99. The molecule has 2 heterocycles. The van der Waals surface area contributed by atoms with E-state index in [1.165, 1.54) is 109 Å². The minimum atomic E-state index is -0.730. The molecule has 0 aliphatic rings. The molecule has 0 saturated carbocycles. The summed E-state index contributed by atoms with van der Waals surface area (Å²) >= 11 is 0. The van der Waals surface area contributed by atoms with Crippen LogP contribution in [0.25, 0.3) is 11.2 Å². The molecule has 1 unspecified atom stereocenters. The van der Waals surface area contributed by atoms with Gasteiger partial charge in [-0.15, -0.1) is 0 Å². The van der Waals surface area contributed by atoms with Gasteiger partial charge >= 0.3 is 11.9 Å².